The third-order valence-electron chi connectivity index (χ3n) is 6.45. The molecule has 4 heterocycles. The molecular weight excluding hydrogens is 645 g/mol. The summed E-state index contributed by atoms with van der Waals surface area (Å²) in [5, 5.41) is 3.94. The Kier molecular flexibility index (Phi) is 35.0. The summed E-state index contributed by atoms with van der Waals surface area (Å²) in [6.45, 7) is 21.8. The van der Waals surface area contributed by atoms with Crippen LogP contribution in [-0.4, -0.2) is 19.9 Å². The van der Waals surface area contributed by atoms with Crippen LogP contribution >= 0.6 is 0 Å². The molecule has 7 aromatic rings. The zero-order chi connectivity index (χ0) is 34.6. The number of hydrogen-bond donors (Lipinski definition) is 3. The molecule has 53 heavy (non-hydrogen) atoms. The van der Waals surface area contributed by atoms with Crippen molar-refractivity contribution in [3.63, 3.8) is 0 Å². The van der Waals surface area contributed by atoms with Crippen LogP contribution in [0, 0.1) is 11.8 Å². The number of fused-ring (bicyclic) bond motifs is 3. The maximum atomic E-state index is 3.78. The number of benzene rings is 3. The second kappa shape index (κ2) is 32.1. The average Bonchev–Trinajstić information content (AvgIpc) is 3.81. The van der Waals surface area contributed by atoms with E-state index in [1.165, 1.54) is 44.0 Å². The van der Waals surface area contributed by atoms with Crippen molar-refractivity contribution in [1.82, 2.24) is 19.9 Å². The smallest absolute Gasteiger partial charge is 0.0456 e. The van der Waals surface area contributed by atoms with Gasteiger partial charge in [-0.3, -0.25) is 4.98 Å². The zero-order valence-electron chi connectivity index (χ0n) is 30.4. The van der Waals surface area contributed by atoms with E-state index in [9.17, 15) is 0 Å². The van der Waals surface area contributed by atoms with E-state index in [0.29, 0.717) is 11.8 Å². The van der Waals surface area contributed by atoms with Gasteiger partial charge in [0, 0.05) is 52.4 Å². The van der Waals surface area contributed by atoms with Crippen molar-refractivity contribution in [1.29, 1.82) is 0 Å². The predicted octanol–water partition coefficient (Wildman–Crippen LogP) is 17.0. The van der Waals surface area contributed by atoms with Crippen molar-refractivity contribution in [3.8, 4) is 0 Å². The van der Waals surface area contributed by atoms with Crippen molar-refractivity contribution in [3.05, 3.63) is 139 Å². The van der Waals surface area contributed by atoms with E-state index in [1.807, 2.05) is 36.5 Å². The van der Waals surface area contributed by atoms with Gasteiger partial charge in [0.05, 0.1) is 0 Å². The Morgan fingerprint density at radius 1 is 0.453 bits per heavy atom. The number of pyridine rings is 1. The van der Waals surface area contributed by atoms with E-state index in [1.54, 1.807) is 12.4 Å². The van der Waals surface area contributed by atoms with Gasteiger partial charge in [0.25, 0.3) is 0 Å². The molecule has 0 aliphatic heterocycles. The molecule has 298 valence electrons. The summed E-state index contributed by atoms with van der Waals surface area (Å²) in [5.41, 5.74) is 6.40. The summed E-state index contributed by atoms with van der Waals surface area (Å²) in [6, 6.07) is 35.0. The summed E-state index contributed by atoms with van der Waals surface area (Å²) in [6.07, 6.45) is 7.56. The Labute approximate surface area is 328 Å². The lowest BCUT2D eigenvalue weighted by Crippen LogP contribution is -1.84. The molecule has 0 saturated heterocycles. The van der Waals surface area contributed by atoms with E-state index in [-0.39, 0.29) is 44.6 Å². The van der Waals surface area contributed by atoms with Crippen LogP contribution in [0.2, 0.25) is 0 Å². The standard InChI is InChI=1S/2C11H13N.C8H7N.C5H5N.2C4H10.6CH4/c1-8(2)10-7-12-11-6-4-3-5-9(10)11;1-8(2)11-7-9-5-3-4-6-10(9)12-11;1-2-4-8-7(3-1)5-6-9-8;1-2-4-6-5-3-1;2*1-4(2)3;;;;;;/h2*3-8,12H,1-2H3;1-6,9H;1-5H;2*4H,1-3H3;6*1H4. The monoisotopic (exact) mass is 727 g/mol. The molecule has 0 fully saturated rings. The van der Waals surface area contributed by atoms with Crippen molar-refractivity contribution in [2.45, 2.75) is 126 Å². The highest BCUT2D eigenvalue weighted by molar-refractivity contribution is 5.83. The summed E-state index contributed by atoms with van der Waals surface area (Å²) in [4.78, 5) is 13.6. The molecule has 7 rings (SSSR count). The van der Waals surface area contributed by atoms with E-state index in [4.69, 9.17) is 0 Å². The number of rotatable bonds is 2. The second-order valence-electron chi connectivity index (χ2n) is 13.5. The molecule has 0 spiro atoms. The Bertz CT molecular complexity index is 1660. The molecule has 0 aliphatic rings. The van der Waals surface area contributed by atoms with Crippen molar-refractivity contribution in [2.24, 2.45) is 11.8 Å². The highest BCUT2D eigenvalue weighted by Crippen LogP contribution is 2.24. The number of H-pyrrole nitrogens is 3. The molecule has 0 aliphatic carbocycles. The number of aromatic nitrogens is 4. The molecule has 4 aromatic heterocycles. The van der Waals surface area contributed by atoms with Crippen LogP contribution in [-0.2, 0) is 0 Å². The number of aromatic amines is 3. The highest BCUT2D eigenvalue weighted by atomic mass is 14.7. The van der Waals surface area contributed by atoms with Gasteiger partial charge in [0.15, 0.2) is 0 Å². The molecule has 0 radical (unpaired) electrons. The van der Waals surface area contributed by atoms with Crippen molar-refractivity contribution in [2.75, 3.05) is 0 Å². The van der Waals surface area contributed by atoms with Gasteiger partial charge in [-0.2, -0.15) is 0 Å². The molecule has 0 atom stereocenters. The Balaban J connectivity index is -0.000000178. The minimum absolute atomic E-state index is 0. The fourth-order valence-corrected chi connectivity index (χ4v) is 4.29. The van der Waals surface area contributed by atoms with Crippen LogP contribution in [0.1, 0.15) is 137 Å². The van der Waals surface area contributed by atoms with Crippen molar-refractivity contribution >= 4 is 32.7 Å². The van der Waals surface area contributed by atoms with Crippen LogP contribution in [0.15, 0.2) is 128 Å². The minimum atomic E-state index is 0. The lowest BCUT2D eigenvalue weighted by molar-refractivity contribution is 0.736. The molecule has 4 heteroatoms. The predicted molar refractivity (Wildman–Crippen MR) is 249 cm³/mol. The number of nitrogens with zero attached hydrogens (tertiary/aromatic N) is 1. The number of para-hydroxylation sites is 3. The fraction of sp³-hybridized carbons (Fsp3) is 0.408. The Morgan fingerprint density at radius 3 is 1.36 bits per heavy atom. The minimum Gasteiger partial charge on any atom is -0.361 e. The normalized spacial score (nSPS) is 9.09. The van der Waals surface area contributed by atoms with Crippen LogP contribution in [0.3, 0.4) is 0 Å². The van der Waals surface area contributed by atoms with Gasteiger partial charge in [-0.15, -0.1) is 0 Å². The number of hydrogen-bond acceptors (Lipinski definition) is 1. The molecule has 3 N–H and O–H groups in total. The summed E-state index contributed by atoms with van der Waals surface area (Å²) in [7, 11) is 0. The van der Waals surface area contributed by atoms with Crippen LogP contribution < -0.4 is 0 Å². The van der Waals surface area contributed by atoms with Gasteiger partial charge in [-0.05, 0) is 82.5 Å². The van der Waals surface area contributed by atoms with E-state index >= 15 is 0 Å². The highest BCUT2D eigenvalue weighted by Gasteiger charge is 2.05. The van der Waals surface area contributed by atoms with Gasteiger partial charge in [0.1, 0.15) is 0 Å². The average molecular weight is 727 g/mol. The Hall–Kier alpha value is -4.57. The number of nitrogens with one attached hydrogen (secondary N) is 3. The molecular formula is C49H82N4. The van der Waals surface area contributed by atoms with E-state index < -0.39 is 0 Å². The quantitative estimate of drug-likeness (QED) is 0.163. The lowest BCUT2D eigenvalue weighted by atomic mass is 10.0. The van der Waals surface area contributed by atoms with Gasteiger partial charge < -0.3 is 15.0 Å². The molecule has 4 nitrogen and oxygen atoms in total. The fourth-order valence-electron chi connectivity index (χ4n) is 4.29. The van der Waals surface area contributed by atoms with Gasteiger partial charge in [0.2, 0.25) is 0 Å². The third kappa shape index (κ3) is 22.9. The summed E-state index contributed by atoms with van der Waals surface area (Å²) < 4.78 is 0. The summed E-state index contributed by atoms with van der Waals surface area (Å²) in [5.74, 6) is 2.85. The topological polar surface area (TPSA) is 60.3 Å². The zero-order valence-corrected chi connectivity index (χ0v) is 30.4. The van der Waals surface area contributed by atoms with Gasteiger partial charge in [-0.25, -0.2) is 0 Å². The first-order chi connectivity index (χ1) is 22.5. The van der Waals surface area contributed by atoms with Crippen LogP contribution in [0.5, 0.6) is 0 Å². The first-order valence-corrected chi connectivity index (χ1v) is 17.0. The van der Waals surface area contributed by atoms with Gasteiger partial charge >= 0.3 is 0 Å². The van der Waals surface area contributed by atoms with Crippen LogP contribution in [0.25, 0.3) is 32.7 Å². The maximum Gasteiger partial charge on any atom is 0.0456 e. The van der Waals surface area contributed by atoms with Crippen LogP contribution in [0.4, 0.5) is 0 Å². The van der Waals surface area contributed by atoms with E-state index in [0.717, 1.165) is 11.8 Å². The second-order valence-corrected chi connectivity index (χ2v) is 13.5. The molecule has 0 unspecified atom stereocenters. The Morgan fingerprint density at radius 2 is 0.925 bits per heavy atom. The lowest BCUT2D eigenvalue weighted by Gasteiger charge is -2.00. The van der Waals surface area contributed by atoms with Crippen molar-refractivity contribution < 1.29 is 0 Å². The molecule has 3 aromatic carbocycles. The van der Waals surface area contributed by atoms with Gasteiger partial charge in [-0.1, -0.05) is 174 Å². The largest absolute Gasteiger partial charge is 0.361 e. The maximum absolute atomic E-state index is 3.78. The first-order valence-electron chi connectivity index (χ1n) is 17.0. The third-order valence-corrected chi connectivity index (χ3v) is 6.45. The summed E-state index contributed by atoms with van der Waals surface area (Å²) >= 11 is 0. The molecule has 0 amide bonds. The first kappa shape index (κ1) is 57.8. The SMILES string of the molecule is C.C.C.C.C.C.CC(C)C.CC(C)C.CC(C)c1c[nH]c2ccccc12.CC(C)c1cc2ccccc2[nH]1.c1ccc2[nH]ccc2c1.c1ccncc1. The molecule has 0 saturated carbocycles. The molecule has 0 bridgehead atoms. The van der Waals surface area contributed by atoms with E-state index in [2.05, 4.69) is 168 Å².